The van der Waals surface area contributed by atoms with Crippen molar-refractivity contribution >= 4 is 34.5 Å². The summed E-state index contributed by atoms with van der Waals surface area (Å²) in [6.45, 7) is 8.84. The number of aromatic nitrogens is 2. The van der Waals surface area contributed by atoms with Crippen LogP contribution in [-0.4, -0.2) is 75.8 Å². The van der Waals surface area contributed by atoms with Gasteiger partial charge in [-0.2, -0.15) is 0 Å². The van der Waals surface area contributed by atoms with Gasteiger partial charge >= 0.3 is 0 Å². The van der Waals surface area contributed by atoms with Crippen molar-refractivity contribution in [3.8, 4) is 0 Å². The molecule has 0 aliphatic carbocycles. The molecule has 0 unspecified atom stereocenters. The zero-order valence-electron chi connectivity index (χ0n) is 20.6. The molecule has 2 saturated heterocycles. The third-order valence-electron chi connectivity index (χ3n) is 6.95. The fourth-order valence-corrected chi connectivity index (χ4v) is 6.75. The number of carbonyl (C=O) groups is 2. The first-order valence-electron chi connectivity index (χ1n) is 12.3. The number of carbonyl (C=O) groups excluding carboxylic acids is 2. The van der Waals surface area contributed by atoms with Crippen LogP contribution >= 0.6 is 22.7 Å². The molecular formula is C26H30FN5O2S2. The lowest BCUT2D eigenvalue weighted by Crippen LogP contribution is -2.48. The van der Waals surface area contributed by atoms with Crippen LogP contribution in [0.4, 0.5) is 4.39 Å². The van der Waals surface area contributed by atoms with E-state index in [1.807, 2.05) is 41.2 Å². The molecule has 4 heterocycles. The van der Waals surface area contributed by atoms with Gasteiger partial charge < -0.3 is 9.80 Å². The highest BCUT2D eigenvalue weighted by Gasteiger charge is 2.30. The average molecular weight is 528 g/mol. The highest BCUT2D eigenvalue weighted by molar-refractivity contribution is 7.13. The normalized spacial score (nSPS) is 17.5. The van der Waals surface area contributed by atoms with Gasteiger partial charge in [-0.3, -0.25) is 14.5 Å². The second-order valence-electron chi connectivity index (χ2n) is 9.48. The molecule has 7 nitrogen and oxygen atoms in total. The van der Waals surface area contributed by atoms with E-state index < -0.39 is 0 Å². The standard InChI is InChI=1S/C26H30FN5O2S2/c1-17-23(36-18(2)28-17)26(34)31-9-7-20(8-10-31)24-29-22(16-35-24)25(33)32-13-11-30(12-14-32)15-19-3-5-21(27)6-4-19/h3-6,16,20H,7-15H2,1-2H3. The highest BCUT2D eigenvalue weighted by Crippen LogP contribution is 2.32. The van der Waals surface area contributed by atoms with Crippen molar-refractivity contribution < 1.29 is 14.0 Å². The van der Waals surface area contributed by atoms with E-state index in [0.717, 1.165) is 58.6 Å². The molecule has 0 radical (unpaired) electrons. The number of rotatable bonds is 5. The van der Waals surface area contributed by atoms with Crippen LogP contribution < -0.4 is 0 Å². The third-order valence-corrected chi connectivity index (χ3v) is 9.02. The van der Waals surface area contributed by atoms with Crippen molar-refractivity contribution in [3.63, 3.8) is 0 Å². The molecule has 5 rings (SSSR count). The maximum absolute atomic E-state index is 13.1. The van der Waals surface area contributed by atoms with Gasteiger partial charge in [0.15, 0.2) is 0 Å². The summed E-state index contributed by atoms with van der Waals surface area (Å²) in [5.41, 5.74) is 2.41. The number of piperidine rings is 1. The first-order valence-corrected chi connectivity index (χ1v) is 14.0. The summed E-state index contributed by atoms with van der Waals surface area (Å²) < 4.78 is 13.1. The summed E-state index contributed by atoms with van der Waals surface area (Å²) >= 11 is 3.02. The average Bonchev–Trinajstić information content (AvgIpc) is 3.51. The molecule has 0 saturated carbocycles. The van der Waals surface area contributed by atoms with Crippen LogP contribution in [0.1, 0.15) is 60.2 Å². The first kappa shape index (κ1) is 25.0. The zero-order valence-corrected chi connectivity index (χ0v) is 22.2. The summed E-state index contributed by atoms with van der Waals surface area (Å²) in [5, 5.41) is 3.79. The maximum atomic E-state index is 13.1. The molecule has 2 aromatic heterocycles. The lowest BCUT2D eigenvalue weighted by atomic mass is 9.97. The number of hydrogen-bond acceptors (Lipinski definition) is 7. The molecule has 0 N–H and O–H groups in total. The molecule has 2 fully saturated rings. The summed E-state index contributed by atoms with van der Waals surface area (Å²) in [6, 6.07) is 6.59. The Morgan fingerprint density at radius 1 is 0.944 bits per heavy atom. The Morgan fingerprint density at radius 3 is 2.25 bits per heavy atom. The molecule has 2 aliphatic rings. The van der Waals surface area contributed by atoms with Crippen molar-refractivity contribution in [1.29, 1.82) is 0 Å². The van der Waals surface area contributed by atoms with Crippen molar-refractivity contribution in [2.75, 3.05) is 39.3 Å². The molecule has 2 aliphatic heterocycles. The zero-order chi connectivity index (χ0) is 25.2. The summed E-state index contributed by atoms with van der Waals surface area (Å²) in [6.07, 6.45) is 1.71. The quantitative estimate of drug-likeness (QED) is 0.494. The topological polar surface area (TPSA) is 69.6 Å². The van der Waals surface area contributed by atoms with Crippen LogP contribution in [0.25, 0.3) is 0 Å². The van der Waals surface area contributed by atoms with Crippen LogP contribution in [0.3, 0.4) is 0 Å². The van der Waals surface area contributed by atoms with Gasteiger partial charge in [0.25, 0.3) is 11.8 Å². The Balaban J connectivity index is 1.12. The fraction of sp³-hybridized carbons (Fsp3) is 0.462. The van der Waals surface area contributed by atoms with E-state index in [1.165, 1.54) is 23.5 Å². The summed E-state index contributed by atoms with van der Waals surface area (Å²) in [4.78, 5) is 41.9. The molecule has 36 heavy (non-hydrogen) atoms. The number of thiazole rings is 2. The lowest BCUT2D eigenvalue weighted by molar-refractivity contribution is 0.0623. The molecule has 0 spiro atoms. The van der Waals surface area contributed by atoms with E-state index in [9.17, 15) is 14.0 Å². The summed E-state index contributed by atoms with van der Waals surface area (Å²) in [7, 11) is 0. The highest BCUT2D eigenvalue weighted by atomic mass is 32.1. The van der Waals surface area contributed by atoms with Crippen molar-refractivity contribution in [2.45, 2.75) is 39.2 Å². The Labute approximate surface area is 218 Å². The van der Waals surface area contributed by atoms with Gasteiger partial charge in [0.1, 0.15) is 16.4 Å². The van der Waals surface area contributed by atoms with Crippen LogP contribution in [0.5, 0.6) is 0 Å². The van der Waals surface area contributed by atoms with Crippen molar-refractivity contribution in [1.82, 2.24) is 24.7 Å². The number of halogens is 1. The number of likely N-dealkylation sites (tertiary alicyclic amines) is 1. The van der Waals surface area contributed by atoms with Gasteiger partial charge in [-0.05, 0) is 44.4 Å². The Hall–Kier alpha value is -2.69. The molecule has 0 bridgehead atoms. The van der Waals surface area contributed by atoms with E-state index in [4.69, 9.17) is 4.98 Å². The number of aryl methyl sites for hydroxylation is 2. The van der Waals surface area contributed by atoms with E-state index >= 15 is 0 Å². The monoisotopic (exact) mass is 527 g/mol. The number of nitrogens with zero attached hydrogens (tertiary/aromatic N) is 5. The number of amides is 2. The lowest BCUT2D eigenvalue weighted by Gasteiger charge is -2.34. The van der Waals surface area contributed by atoms with Crippen LogP contribution in [0.15, 0.2) is 29.6 Å². The smallest absolute Gasteiger partial charge is 0.273 e. The Kier molecular flexibility index (Phi) is 7.45. The molecular weight excluding hydrogens is 497 g/mol. The Morgan fingerprint density at radius 2 is 1.61 bits per heavy atom. The van der Waals surface area contributed by atoms with E-state index in [0.29, 0.717) is 31.9 Å². The molecule has 10 heteroatoms. The van der Waals surface area contributed by atoms with E-state index in [-0.39, 0.29) is 23.5 Å². The molecule has 0 atom stereocenters. The van der Waals surface area contributed by atoms with Crippen LogP contribution in [0.2, 0.25) is 0 Å². The third kappa shape index (κ3) is 5.50. The minimum absolute atomic E-state index is 0.0115. The minimum Gasteiger partial charge on any atom is -0.338 e. The predicted molar refractivity (Wildman–Crippen MR) is 139 cm³/mol. The van der Waals surface area contributed by atoms with Gasteiger partial charge in [0, 0.05) is 57.1 Å². The van der Waals surface area contributed by atoms with Crippen molar-refractivity contribution in [2.24, 2.45) is 0 Å². The molecule has 3 aromatic rings. The number of benzene rings is 1. The van der Waals surface area contributed by atoms with Crippen molar-refractivity contribution in [3.05, 3.63) is 67.3 Å². The second-order valence-corrected chi connectivity index (χ2v) is 11.6. The van der Waals surface area contributed by atoms with Gasteiger partial charge in [-0.1, -0.05) is 12.1 Å². The Bertz CT molecular complexity index is 1230. The molecule has 1 aromatic carbocycles. The number of piperazine rings is 1. The van der Waals surface area contributed by atoms with Gasteiger partial charge in [-0.25, -0.2) is 14.4 Å². The summed E-state index contributed by atoms with van der Waals surface area (Å²) in [5.74, 6) is 0.113. The largest absolute Gasteiger partial charge is 0.338 e. The van der Waals surface area contributed by atoms with Crippen LogP contribution in [-0.2, 0) is 6.54 Å². The second kappa shape index (κ2) is 10.7. The maximum Gasteiger partial charge on any atom is 0.273 e. The molecule has 190 valence electrons. The molecule has 2 amide bonds. The predicted octanol–water partition coefficient (Wildman–Crippen LogP) is 4.33. The minimum atomic E-state index is -0.225. The van der Waals surface area contributed by atoms with Gasteiger partial charge in [-0.15, -0.1) is 22.7 Å². The van der Waals surface area contributed by atoms with E-state index in [2.05, 4.69) is 9.88 Å². The first-order chi connectivity index (χ1) is 17.4. The van der Waals surface area contributed by atoms with Crippen LogP contribution in [0, 0.1) is 19.7 Å². The van der Waals surface area contributed by atoms with Gasteiger partial charge in [0.2, 0.25) is 0 Å². The SMILES string of the molecule is Cc1nc(C)c(C(=O)N2CCC(c3nc(C(=O)N4CCN(Cc5ccc(F)cc5)CC4)cs3)CC2)s1. The number of hydrogen-bond donors (Lipinski definition) is 0. The van der Waals surface area contributed by atoms with E-state index in [1.54, 1.807) is 11.3 Å². The van der Waals surface area contributed by atoms with Gasteiger partial charge in [0.05, 0.1) is 15.7 Å². The fourth-order valence-electron chi connectivity index (χ4n) is 4.90.